The molecule has 0 atom stereocenters. The SMILES string of the molecule is CC(C)(C)OC(=O)Cc1ccc(OC2CC(F)(F)C2)cc1. The van der Waals surface area contributed by atoms with Crippen LogP contribution in [0.3, 0.4) is 0 Å². The highest BCUT2D eigenvalue weighted by molar-refractivity contribution is 5.73. The van der Waals surface area contributed by atoms with E-state index in [2.05, 4.69) is 0 Å². The molecule has 1 aliphatic rings. The van der Waals surface area contributed by atoms with Gasteiger partial charge in [-0.15, -0.1) is 0 Å². The molecule has 0 aliphatic heterocycles. The third-order valence-corrected chi connectivity index (χ3v) is 3.05. The number of hydrogen-bond donors (Lipinski definition) is 0. The van der Waals surface area contributed by atoms with Crippen molar-refractivity contribution < 1.29 is 23.0 Å². The van der Waals surface area contributed by atoms with E-state index in [1.165, 1.54) is 0 Å². The lowest BCUT2D eigenvalue weighted by atomic mass is 9.91. The van der Waals surface area contributed by atoms with E-state index >= 15 is 0 Å². The summed E-state index contributed by atoms with van der Waals surface area (Å²) in [7, 11) is 0. The van der Waals surface area contributed by atoms with E-state index in [1.54, 1.807) is 24.3 Å². The molecule has 1 saturated carbocycles. The maximum absolute atomic E-state index is 12.7. The average Bonchev–Trinajstić information content (AvgIpc) is 2.26. The van der Waals surface area contributed by atoms with Gasteiger partial charge < -0.3 is 9.47 Å². The Morgan fingerprint density at radius 3 is 2.29 bits per heavy atom. The van der Waals surface area contributed by atoms with Gasteiger partial charge in [-0.3, -0.25) is 4.79 Å². The van der Waals surface area contributed by atoms with E-state index in [1.807, 2.05) is 20.8 Å². The first-order valence-electron chi connectivity index (χ1n) is 6.98. The molecular weight excluding hydrogens is 278 g/mol. The van der Waals surface area contributed by atoms with Crippen molar-refractivity contribution in [1.29, 1.82) is 0 Å². The molecule has 1 aliphatic carbocycles. The molecule has 1 aromatic carbocycles. The normalized spacial score (nSPS) is 18.0. The summed E-state index contributed by atoms with van der Waals surface area (Å²) in [6, 6.07) is 6.87. The summed E-state index contributed by atoms with van der Waals surface area (Å²) < 4.78 is 36.1. The molecule has 0 radical (unpaired) electrons. The largest absolute Gasteiger partial charge is 0.490 e. The second-order valence-corrected chi connectivity index (χ2v) is 6.41. The number of alkyl halides is 2. The Kier molecular flexibility index (Phi) is 4.21. The third kappa shape index (κ3) is 4.99. The van der Waals surface area contributed by atoms with E-state index in [0.29, 0.717) is 5.75 Å². The first-order valence-corrected chi connectivity index (χ1v) is 6.98. The molecule has 2 rings (SSSR count). The lowest BCUT2D eigenvalue weighted by Gasteiger charge is -2.34. The Labute approximate surface area is 123 Å². The molecular formula is C16H20F2O3. The fraction of sp³-hybridized carbons (Fsp3) is 0.562. The lowest BCUT2D eigenvalue weighted by Crippen LogP contribution is -2.43. The molecule has 1 aromatic rings. The molecule has 5 heteroatoms. The predicted molar refractivity (Wildman–Crippen MR) is 74.6 cm³/mol. The molecule has 0 aromatic heterocycles. The van der Waals surface area contributed by atoms with E-state index in [4.69, 9.17) is 9.47 Å². The van der Waals surface area contributed by atoms with Crippen molar-refractivity contribution in [2.75, 3.05) is 0 Å². The van der Waals surface area contributed by atoms with Crippen molar-refractivity contribution in [3.63, 3.8) is 0 Å². The Balaban J connectivity index is 1.83. The number of carbonyl (C=O) groups excluding carboxylic acids is 1. The van der Waals surface area contributed by atoms with Crippen LogP contribution in [0.5, 0.6) is 5.75 Å². The van der Waals surface area contributed by atoms with Crippen molar-refractivity contribution in [3.8, 4) is 5.75 Å². The highest BCUT2D eigenvalue weighted by atomic mass is 19.3. The van der Waals surface area contributed by atoms with E-state index < -0.39 is 17.6 Å². The number of halogens is 2. The Morgan fingerprint density at radius 2 is 1.81 bits per heavy atom. The van der Waals surface area contributed by atoms with Crippen molar-refractivity contribution in [2.24, 2.45) is 0 Å². The number of carbonyl (C=O) groups is 1. The standard InChI is InChI=1S/C16H20F2O3/c1-15(2,3)21-14(19)8-11-4-6-12(7-5-11)20-13-9-16(17,18)10-13/h4-7,13H,8-10H2,1-3H3. The summed E-state index contributed by atoms with van der Waals surface area (Å²) in [6.07, 6.45) is -0.699. The van der Waals surface area contributed by atoms with Crippen LogP contribution in [0, 0.1) is 0 Å². The van der Waals surface area contributed by atoms with Gasteiger partial charge in [-0.25, -0.2) is 8.78 Å². The summed E-state index contributed by atoms with van der Waals surface area (Å²) in [6.45, 7) is 5.45. The van der Waals surface area contributed by atoms with Crippen LogP contribution in [0.15, 0.2) is 24.3 Å². The average molecular weight is 298 g/mol. The van der Waals surface area contributed by atoms with Gasteiger partial charge in [-0.05, 0) is 38.5 Å². The molecule has 0 N–H and O–H groups in total. The van der Waals surface area contributed by atoms with Crippen molar-refractivity contribution in [2.45, 2.75) is 57.7 Å². The topological polar surface area (TPSA) is 35.5 Å². The minimum Gasteiger partial charge on any atom is -0.490 e. The number of ether oxygens (including phenoxy) is 2. The monoisotopic (exact) mass is 298 g/mol. The van der Waals surface area contributed by atoms with Crippen molar-refractivity contribution in [1.82, 2.24) is 0 Å². The number of hydrogen-bond acceptors (Lipinski definition) is 3. The number of esters is 1. The Hall–Kier alpha value is -1.65. The van der Waals surface area contributed by atoms with Gasteiger partial charge in [-0.2, -0.15) is 0 Å². The van der Waals surface area contributed by atoms with Gasteiger partial charge in [-0.1, -0.05) is 12.1 Å². The summed E-state index contributed by atoms with van der Waals surface area (Å²) in [5.74, 6) is -2.33. The summed E-state index contributed by atoms with van der Waals surface area (Å²) in [5, 5.41) is 0. The van der Waals surface area contributed by atoms with Crippen LogP contribution in [-0.4, -0.2) is 23.6 Å². The van der Waals surface area contributed by atoms with Crippen LogP contribution in [0.4, 0.5) is 8.78 Å². The second-order valence-electron chi connectivity index (χ2n) is 6.41. The van der Waals surface area contributed by atoms with Crippen LogP contribution in [-0.2, 0) is 16.0 Å². The molecule has 0 spiro atoms. The maximum atomic E-state index is 12.7. The van der Waals surface area contributed by atoms with Gasteiger partial charge >= 0.3 is 5.97 Å². The van der Waals surface area contributed by atoms with Crippen LogP contribution in [0.2, 0.25) is 0 Å². The summed E-state index contributed by atoms with van der Waals surface area (Å²) >= 11 is 0. The van der Waals surface area contributed by atoms with Crippen LogP contribution in [0.1, 0.15) is 39.2 Å². The van der Waals surface area contributed by atoms with Crippen LogP contribution < -0.4 is 4.74 Å². The predicted octanol–water partition coefficient (Wildman–Crippen LogP) is 3.75. The smallest absolute Gasteiger partial charge is 0.310 e. The zero-order chi connectivity index (χ0) is 15.7. The van der Waals surface area contributed by atoms with Gasteiger partial charge in [0, 0.05) is 12.8 Å². The first-order chi connectivity index (χ1) is 9.63. The van der Waals surface area contributed by atoms with Gasteiger partial charge in [0.1, 0.15) is 17.5 Å². The minimum atomic E-state index is -2.58. The lowest BCUT2D eigenvalue weighted by molar-refractivity contribution is -0.153. The summed E-state index contributed by atoms with van der Waals surface area (Å²) in [5.41, 5.74) is 0.297. The molecule has 116 valence electrons. The molecule has 1 fully saturated rings. The van der Waals surface area contributed by atoms with Crippen molar-refractivity contribution >= 4 is 5.97 Å². The van der Waals surface area contributed by atoms with E-state index in [9.17, 15) is 13.6 Å². The third-order valence-electron chi connectivity index (χ3n) is 3.05. The van der Waals surface area contributed by atoms with Gasteiger partial charge in [0.15, 0.2) is 0 Å². The van der Waals surface area contributed by atoms with Gasteiger partial charge in [0.25, 0.3) is 5.92 Å². The second kappa shape index (κ2) is 5.62. The van der Waals surface area contributed by atoms with Gasteiger partial charge in [0.05, 0.1) is 6.42 Å². The molecule has 0 bridgehead atoms. The minimum absolute atomic E-state index is 0.180. The fourth-order valence-corrected chi connectivity index (χ4v) is 2.11. The van der Waals surface area contributed by atoms with E-state index in [-0.39, 0.29) is 25.2 Å². The Morgan fingerprint density at radius 1 is 1.24 bits per heavy atom. The number of rotatable bonds is 4. The fourth-order valence-electron chi connectivity index (χ4n) is 2.11. The molecule has 21 heavy (non-hydrogen) atoms. The van der Waals surface area contributed by atoms with Crippen LogP contribution >= 0.6 is 0 Å². The highest BCUT2D eigenvalue weighted by Crippen LogP contribution is 2.39. The Bertz CT molecular complexity index is 495. The molecule has 0 unspecified atom stereocenters. The molecule has 0 heterocycles. The zero-order valence-electron chi connectivity index (χ0n) is 12.5. The van der Waals surface area contributed by atoms with Crippen molar-refractivity contribution in [3.05, 3.63) is 29.8 Å². The first kappa shape index (κ1) is 15.7. The molecule has 3 nitrogen and oxygen atoms in total. The molecule has 0 saturated heterocycles. The quantitative estimate of drug-likeness (QED) is 0.794. The van der Waals surface area contributed by atoms with Crippen LogP contribution in [0.25, 0.3) is 0 Å². The van der Waals surface area contributed by atoms with Gasteiger partial charge in [0.2, 0.25) is 0 Å². The maximum Gasteiger partial charge on any atom is 0.310 e. The summed E-state index contributed by atoms with van der Waals surface area (Å²) in [4.78, 5) is 11.7. The molecule has 0 amide bonds. The zero-order valence-corrected chi connectivity index (χ0v) is 12.5. The number of benzene rings is 1. The van der Waals surface area contributed by atoms with E-state index in [0.717, 1.165) is 5.56 Å². The highest BCUT2D eigenvalue weighted by Gasteiger charge is 2.46.